The molecule has 0 saturated heterocycles. The minimum atomic E-state index is 0.700. The number of fused-ring (bicyclic) bond motifs is 1. The van der Waals surface area contributed by atoms with Crippen LogP contribution in [-0.2, 0) is 6.42 Å². The third-order valence-electron chi connectivity index (χ3n) is 3.02. The van der Waals surface area contributed by atoms with Gasteiger partial charge in [0.25, 0.3) is 0 Å². The lowest BCUT2D eigenvalue weighted by atomic mass is 10.2. The van der Waals surface area contributed by atoms with Crippen LogP contribution in [0.2, 0.25) is 0 Å². The van der Waals surface area contributed by atoms with Crippen molar-refractivity contribution in [2.24, 2.45) is 0 Å². The van der Waals surface area contributed by atoms with E-state index >= 15 is 0 Å². The van der Waals surface area contributed by atoms with E-state index in [2.05, 4.69) is 33.3 Å². The number of aryl methyl sites for hydroxylation is 1. The first kappa shape index (κ1) is 12.0. The second-order valence-electron chi connectivity index (χ2n) is 4.25. The van der Waals surface area contributed by atoms with Gasteiger partial charge in [-0.1, -0.05) is 6.92 Å². The third-order valence-corrected chi connectivity index (χ3v) is 4.13. The van der Waals surface area contributed by atoms with Gasteiger partial charge in [0.15, 0.2) is 5.65 Å². The zero-order valence-corrected chi connectivity index (χ0v) is 11.6. The van der Waals surface area contributed by atoms with Crippen molar-refractivity contribution in [3.05, 3.63) is 23.1 Å². The van der Waals surface area contributed by atoms with Gasteiger partial charge in [-0.25, -0.2) is 9.97 Å². The fourth-order valence-electron chi connectivity index (χ4n) is 1.98. The molecule has 0 aromatic carbocycles. The van der Waals surface area contributed by atoms with Crippen molar-refractivity contribution in [3.63, 3.8) is 0 Å². The van der Waals surface area contributed by atoms with Crippen LogP contribution in [0.1, 0.15) is 11.8 Å². The Morgan fingerprint density at radius 1 is 1.37 bits per heavy atom. The van der Waals surface area contributed by atoms with Crippen molar-refractivity contribution in [1.82, 2.24) is 15.0 Å². The van der Waals surface area contributed by atoms with Crippen molar-refractivity contribution >= 4 is 33.3 Å². The standard InChI is InChI=1S/C13H15N5S/c1-3-7-6-8(11(14)19-7)12-16-9-4-5-10(15-2)17-13(9)18-12/h4-6H,3,14H2,1-2H3,(H2,15,16,17,18). The van der Waals surface area contributed by atoms with E-state index in [1.807, 2.05) is 19.2 Å². The molecular weight excluding hydrogens is 258 g/mol. The first-order chi connectivity index (χ1) is 9.21. The number of aromatic nitrogens is 3. The Balaban J connectivity index is 2.11. The Morgan fingerprint density at radius 3 is 2.89 bits per heavy atom. The topological polar surface area (TPSA) is 79.6 Å². The molecule has 0 atom stereocenters. The van der Waals surface area contributed by atoms with E-state index in [-0.39, 0.29) is 0 Å². The number of H-pyrrole nitrogens is 1. The molecule has 0 fully saturated rings. The van der Waals surface area contributed by atoms with Gasteiger partial charge in [-0.05, 0) is 24.6 Å². The summed E-state index contributed by atoms with van der Waals surface area (Å²) < 4.78 is 0. The highest BCUT2D eigenvalue weighted by atomic mass is 32.1. The van der Waals surface area contributed by atoms with Gasteiger partial charge in [0.1, 0.15) is 11.6 Å². The van der Waals surface area contributed by atoms with Crippen LogP contribution in [0.15, 0.2) is 18.2 Å². The summed E-state index contributed by atoms with van der Waals surface area (Å²) >= 11 is 1.61. The van der Waals surface area contributed by atoms with Gasteiger partial charge in [-0.2, -0.15) is 0 Å². The molecule has 0 aliphatic carbocycles. The minimum absolute atomic E-state index is 0.700. The van der Waals surface area contributed by atoms with Gasteiger partial charge in [0, 0.05) is 11.9 Å². The lowest BCUT2D eigenvalue weighted by Crippen LogP contribution is -1.91. The maximum Gasteiger partial charge on any atom is 0.180 e. The van der Waals surface area contributed by atoms with Crippen molar-refractivity contribution in [3.8, 4) is 11.4 Å². The Bertz CT molecular complexity index is 728. The number of rotatable bonds is 3. The summed E-state index contributed by atoms with van der Waals surface area (Å²) in [7, 11) is 1.84. The number of anilines is 2. The SMILES string of the molecule is CCc1cc(-c2nc3nc(NC)ccc3[nH]2)c(N)s1. The lowest BCUT2D eigenvalue weighted by molar-refractivity contribution is 1.18. The Kier molecular flexibility index (Phi) is 2.87. The number of aromatic amines is 1. The molecule has 0 saturated carbocycles. The maximum atomic E-state index is 6.05. The second-order valence-corrected chi connectivity index (χ2v) is 5.42. The number of nitrogens with one attached hydrogen (secondary N) is 2. The molecule has 0 aliphatic heterocycles. The van der Waals surface area contributed by atoms with E-state index in [0.29, 0.717) is 5.65 Å². The number of pyridine rings is 1. The lowest BCUT2D eigenvalue weighted by Gasteiger charge is -1.95. The van der Waals surface area contributed by atoms with E-state index in [1.165, 1.54) is 4.88 Å². The summed E-state index contributed by atoms with van der Waals surface area (Å²) in [4.78, 5) is 13.5. The molecule has 0 unspecified atom stereocenters. The van der Waals surface area contributed by atoms with Crippen molar-refractivity contribution in [1.29, 1.82) is 0 Å². The van der Waals surface area contributed by atoms with Crippen LogP contribution in [0.4, 0.5) is 10.8 Å². The zero-order valence-electron chi connectivity index (χ0n) is 10.8. The smallest absolute Gasteiger partial charge is 0.180 e. The summed E-state index contributed by atoms with van der Waals surface area (Å²) in [5.74, 6) is 1.59. The number of hydrogen-bond donors (Lipinski definition) is 3. The molecule has 5 nitrogen and oxygen atoms in total. The number of nitrogen functional groups attached to an aromatic ring is 1. The first-order valence-corrected chi connectivity index (χ1v) is 6.96. The highest BCUT2D eigenvalue weighted by molar-refractivity contribution is 7.16. The number of thiophene rings is 1. The second kappa shape index (κ2) is 4.55. The van der Waals surface area contributed by atoms with Crippen molar-refractivity contribution < 1.29 is 0 Å². The molecule has 0 amide bonds. The van der Waals surface area contributed by atoms with Crippen molar-refractivity contribution in [2.45, 2.75) is 13.3 Å². The van der Waals surface area contributed by atoms with E-state index in [4.69, 9.17) is 5.73 Å². The third kappa shape index (κ3) is 2.04. The Hall–Kier alpha value is -2.08. The molecule has 3 aromatic heterocycles. The molecule has 3 heterocycles. The summed E-state index contributed by atoms with van der Waals surface area (Å²) in [5, 5.41) is 3.80. The first-order valence-electron chi connectivity index (χ1n) is 6.14. The van der Waals surface area contributed by atoms with Crippen molar-refractivity contribution in [2.75, 3.05) is 18.1 Å². The normalized spacial score (nSPS) is 11.1. The molecule has 0 bridgehead atoms. The number of imidazole rings is 1. The molecule has 6 heteroatoms. The Morgan fingerprint density at radius 2 is 2.21 bits per heavy atom. The van der Waals surface area contributed by atoms with Gasteiger partial charge in [0.2, 0.25) is 0 Å². The zero-order chi connectivity index (χ0) is 13.4. The quantitative estimate of drug-likeness (QED) is 0.685. The van der Waals surface area contributed by atoms with Crippen LogP contribution < -0.4 is 11.1 Å². The number of hydrogen-bond acceptors (Lipinski definition) is 5. The fraction of sp³-hybridized carbons (Fsp3) is 0.231. The van der Waals surface area contributed by atoms with Crippen LogP contribution in [0, 0.1) is 0 Å². The number of nitrogens with zero attached hydrogens (tertiary/aromatic N) is 2. The van der Waals surface area contributed by atoms with E-state index in [1.54, 1.807) is 11.3 Å². The minimum Gasteiger partial charge on any atom is -0.390 e. The van der Waals surface area contributed by atoms with Gasteiger partial charge < -0.3 is 16.0 Å². The fourth-order valence-corrected chi connectivity index (χ4v) is 2.85. The van der Waals surface area contributed by atoms with Gasteiger partial charge in [-0.15, -0.1) is 11.3 Å². The molecule has 4 N–H and O–H groups in total. The average Bonchev–Trinajstić information content (AvgIpc) is 3.00. The molecule has 0 spiro atoms. The molecule has 19 heavy (non-hydrogen) atoms. The highest BCUT2D eigenvalue weighted by Gasteiger charge is 2.12. The summed E-state index contributed by atoms with van der Waals surface area (Å²) in [6, 6.07) is 5.98. The summed E-state index contributed by atoms with van der Waals surface area (Å²) in [6.45, 7) is 2.12. The molecule has 98 valence electrons. The molecule has 0 radical (unpaired) electrons. The van der Waals surface area contributed by atoms with Gasteiger partial charge in [0.05, 0.1) is 16.1 Å². The number of nitrogens with two attached hydrogens (primary N) is 1. The van der Waals surface area contributed by atoms with Gasteiger partial charge >= 0.3 is 0 Å². The van der Waals surface area contributed by atoms with Crippen LogP contribution >= 0.6 is 11.3 Å². The maximum absolute atomic E-state index is 6.05. The molecule has 3 aromatic rings. The molecule has 3 rings (SSSR count). The van der Waals surface area contributed by atoms with Crippen LogP contribution in [0.25, 0.3) is 22.6 Å². The average molecular weight is 273 g/mol. The molecular formula is C13H15N5S. The largest absolute Gasteiger partial charge is 0.390 e. The summed E-state index contributed by atoms with van der Waals surface area (Å²) in [6.07, 6.45) is 0.983. The predicted octanol–water partition coefficient (Wildman–Crippen LogP) is 2.87. The van der Waals surface area contributed by atoms with E-state index < -0.39 is 0 Å². The monoisotopic (exact) mass is 273 g/mol. The van der Waals surface area contributed by atoms with Crippen LogP contribution in [-0.4, -0.2) is 22.0 Å². The van der Waals surface area contributed by atoms with E-state index in [9.17, 15) is 0 Å². The van der Waals surface area contributed by atoms with Gasteiger partial charge in [-0.3, -0.25) is 0 Å². The highest BCUT2D eigenvalue weighted by Crippen LogP contribution is 2.33. The predicted molar refractivity (Wildman–Crippen MR) is 80.5 cm³/mol. The molecule has 0 aliphatic rings. The van der Waals surface area contributed by atoms with Crippen LogP contribution in [0.5, 0.6) is 0 Å². The van der Waals surface area contributed by atoms with Crippen LogP contribution in [0.3, 0.4) is 0 Å². The summed E-state index contributed by atoms with van der Waals surface area (Å²) in [5.41, 5.74) is 8.63. The van der Waals surface area contributed by atoms with E-state index in [0.717, 1.165) is 34.1 Å². The Labute approximate surface area is 114 Å².